The number of carbonyl (C=O) groups is 1. The van der Waals surface area contributed by atoms with Crippen molar-refractivity contribution < 1.29 is 9.53 Å². The number of benzene rings is 1. The fourth-order valence-corrected chi connectivity index (χ4v) is 2.33. The van der Waals surface area contributed by atoms with Gasteiger partial charge in [-0.15, -0.1) is 0 Å². The monoisotopic (exact) mass is 215 g/mol. The molecule has 1 saturated heterocycles. The zero-order valence-electron chi connectivity index (χ0n) is 9.09. The van der Waals surface area contributed by atoms with Crippen molar-refractivity contribution in [1.29, 1.82) is 0 Å². The average Bonchev–Trinajstić information content (AvgIpc) is 2.84. The normalized spacial score (nSPS) is 27.7. The molecule has 0 spiro atoms. The highest BCUT2D eigenvalue weighted by Crippen LogP contribution is 2.41. The lowest BCUT2D eigenvalue weighted by molar-refractivity contribution is -0.132. The Balaban J connectivity index is 1.95. The molecule has 0 bridgehead atoms. The van der Waals surface area contributed by atoms with E-state index in [-0.39, 0.29) is 18.1 Å². The van der Waals surface area contributed by atoms with E-state index in [9.17, 15) is 4.79 Å². The van der Waals surface area contributed by atoms with Crippen molar-refractivity contribution in [3.05, 3.63) is 47.9 Å². The first-order valence-electron chi connectivity index (χ1n) is 5.50. The van der Waals surface area contributed by atoms with Gasteiger partial charge in [-0.1, -0.05) is 37.3 Å². The SMILES string of the molecule is CC1CC(=O)N2C1=COC2c1ccccc1. The van der Waals surface area contributed by atoms with E-state index < -0.39 is 0 Å². The van der Waals surface area contributed by atoms with Crippen LogP contribution in [0.2, 0.25) is 0 Å². The molecule has 0 N–H and O–H groups in total. The van der Waals surface area contributed by atoms with Crippen LogP contribution in [0.1, 0.15) is 25.1 Å². The summed E-state index contributed by atoms with van der Waals surface area (Å²) in [4.78, 5) is 13.6. The van der Waals surface area contributed by atoms with Gasteiger partial charge in [0.05, 0.1) is 5.70 Å². The predicted molar refractivity (Wildman–Crippen MR) is 59.0 cm³/mol. The molecular weight excluding hydrogens is 202 g/mol. The number of rotatable bonds is 1. The number of carbonyl (C=O) groups excluding carboxylic acids is 1. The predicted octanol–water partition coefficient (Wildman–Crippen LogP) is 2.43. The molecule has 3 rings (SSSR count). The van der Waals surface area contributed by atoms with Crippen molar-refractivity contribution >= 4 is 5.91 Å². The highest BCUT2D eigenvalue weighted by Gasteiger charge is 2.42. The Morgan fingerprint density at radius 3 is 2.81 bits per heavy atom. The molecule has 82 valence electrons. The van der Waals surface area contributed by atoms with Gasteiger partial charge in [-0.2, -0.15) is 0 Å². The van der Waals surface area contributed by atoms with Crippen LogP contribution in [0.3, 0.4) is 0 Å². The number of hydrogen-bond acceptors (Lipinski definition) is 2. The van der Waals surface area contributed by atoms with Crippen molar-refractivity contribution in [3.8, 4) is 0 Å². The number of hydrogen-bond donors (Lipinski definition) is 0. The Bertz CT molecular complexity index is 452. The summed E-state index contributed by atoms with van der Waals surface area (Å²) < 4.78 is 5.59. The first kappa shape index (κ1) is 9.46. The van der Waals surface area contributed by atoms with Gasteiger partial charge in [-0.05, 0) is 0 Å². The van der Waals surface area contributed by atoms with Crippen LogP contribution in [-0.4, -0.2) is 10.8 Å². The van der Waals surface area contributed by atoms with Gasteiger partial charge in [-0.3, -0.25) is 9.69 Å². The number of nitrogens with zero attached hydrogens (tertiary/aromatic N) is 1. The minimum absolute atomic E-state index is 0.158. The molecule has 1 amide bonds. The van der Waals surface area contributed by atoms with E-state index in [4.69, 9.17) is 4.74 Å². The molecule has 1 fully saturated rings. The van der Waals surface area contributed by atoms with Crippen molar-refractivity contribution in [3.63, 3.8) is 0 Å². The van der Waals surface area contributed by atoms with Crippen LogP contribution in [0.25, 0.3) is 0 Å². The summed E-state index contributed by atoms with van der Waals surface area (Å²) in [6.45, 7) is 2.06. The van der Waals surface area contributed by atoms with Crippen LogP contribution >= 0.6 is 0 Å². The highest BCUT2D eigenvalue weighted by atomic mass is 16.5. The molecule has 16 heavy (non-hydrogen) atoms. The fraction of sp³-hybridized carbons (Fsp3) is 0.308. The van der Waals surface area contributed by atoms with Crippen molar-refractivity contribution in [2.45, 2.75) is 19.6 Å². The lowest BCUT2D eigenvalue weighted by Crippen LogP contribution is -2.25. The molecule has 2 unspecified atom stereocenters. The Kier molecular flexibility index (Phi) is 1.99. The van der Waals surface area contributed by atoms with Gasteiger partial charge in [0.1, 0.15) is 6.26 Å². The minimum Gasteiger partial charge on any atom is -0.472 e. The first-order chi connectivity index (χ1) is 7.77. The quantitative estimate of drug-likeness (QED) is 0.720. The molecule has 0 aliphatic carbocycles. The summed E-state index contributed by atoms with van der Waals surface area (Å²) in [6.07, 6.45) is 2.07. The average molecular weight is 215 g/mol. The highest BCUT2D eigenvalue weighted by molar-refractivity contribution is 5.82. The summed E-state index contributed by atoms with van der Waals surface area (Å²) >= 11 is 0. The van der Waals surface area contributed by atoms with Crippen molar-refractivity contribution in [2.75, 3.05) is 0 Å². The van der Waals surface area contributed by atoms with Crippen LogP contribution < -0.4 is 0 Å². The lowest BCUT2D eigenvalue weighted by Gasteiger charge is -2.21. The molecule has 2 aliphatic rings. The van der Waals surface area contributed by atoms with E-state index in [1.165, 1.54) is 0 Å². The molecule has 1 aromatic carbocycles. The van der Waals surface area contributed by atoms with Gasteiger partial charge < -0.3 is 4.74 Å². The van der Waals surface area contributed by atoms with Crippen LogP contribution in [-0.2, 0) is 9.53 Å². The Labute approximate surface area is 94.3 Å². The minimum atomic E-state index is -0.256. The number of ether oxygens (including phenoxy) is 1. The van der Waals surface area contributed by atoms with E-state index in [2.05, 4.69) is 6.92 Å². The van der Waals surface area contributed by atoms with Gasteiger partial charge in [0.25, 0.3) is 0 Å². The second-order valence-corrected chi connectivity index (χ2v) is 4.31. The van der Waals surface area contributed by atoms with Crippen LogP contribution in [0, 0.1) is 5.92 Å². The van der Waals surface area contributed by atoms with Crippen molar-refractivity contribution in [1.82, 2.24) is 4.90 Å². The van der Waals surface area contributed by atoms with Crippen LogP contribution in [0.4, 0.5) is 0 Å². The third-order valence-electron chi connectivity index (χ3n) is 3.17. The van der Waals surface area contributed by atoms with Crippen LogP contribution in [0.5, 0.6) is 0 Å². The third kappa shape index (κ3) is 1.24. The fourth-order valence-electron chi connectivity index (χ4n) is 2.33. The molecule has 3 heteroatoms. The maximum absolute atomic E-state index is 11.9. The smallest absolute Gasteiger partial charge is 0.230 e. The summed E-state index contributed by atoms with van der Waals surface area (Å²) in [6, 6.07) is 9.85. The maximum atomic E-state index is 11.9. The van der Waals surface area contributed by atoms with E-state index in [1.54, 1.807) is 11.2 Å². The zero-order chi connectivity index (χ0) is 11.1. The number of allylic oxidation sites excluding steroid dienone is 1. The summed E-state index contributed by atoms with van der Waals surface area (Å²) in [5.41, 5.74) is 2.04. The molecule has 0 aromatic heterocycles. The molecular formula is C13H13NO2. The zero-order valence-corrected chi connectivity index (χ0v) is 9.09. The Hall–Kier alpha value is -1.77. The van der Waals surface area contributed by atoms with E-state index in [1.807, 2.05) is 30.3 Å². The lowest BCUT2D eigenvalue weighted by atomic mass is 10.1. The van der Waals surface area contributed by atoms with Gasteiger partial charge in [-0.25, -0.2) is 0 Å². The summed E-state index contributed by atoms with van der Waals surface area (Å²) in [5, 5.41) is 0. The molecule has 2 aliphatic heterocycles. The van der Waals surface area contributed by atoms with Gasteiger partial charge in [0, 0.05) is 17.9 Å². The second-order valence-electron chi connectivity index (χ2n) is 4.31. The van der Waals surface area contributed by atoms with Gasteiger partial charge in [0.2, 0.25) is 12.1 Å². The van der Waals surface area contributed by atoms with E-state index >= 15 is 0 Å². The molecule has 0 saturated carbocycles. The molecule has 0 radical (unpaired) electrons. The first-order valence-corrected chi connectivity index (χ1v) is 5.50. The topological polar surface area (TPSA) is 29.5 Å². The molecule has 2 atom stereocenters. The number of amides is 1. The van der Waals surface area contributed by atoms with E-state index in [0.717, 1.165) is 11.3 Å². The largest absolute Gasteiger partial charge is 0.472 e. The van der Waals surface area contributed by atoms with Gasteiger partial charge in [0.15, 0.2) is 0 Å². The van der Waals surface area contributed by atoms with E-state index in [0.29, 0.717) is 6.42 Å². The van der Waals surface area contributed by atoms with Gasteiger partial charge >= 0.3 is 0 Å². The Morgan fingerprint density at radius 2 is 2.06 bits per heavy atom. The Morgan fingerprint density at radius 1 is 1.31 bits per heavy atom. The summed E-state index contributed by atoms with van der Waals surface area (Å²) in [7, 11) is 0. The van der Waals surface area contributed by atoms with Crippen molar-refractivity contribution in [2.24, 2.45) is 5.92 Å². The molecule has 1 aromatic rings. The maximum Gasteiger partial charge on any atom is 0.230 e. The van der Waals surface area contributed by atoms with Crippen LogP contribution in [0.15, 0.2) is 42.3 Å². The standard InChI is InChI=1S/C13H13NO2/c1-9-7-12(15)14-11(9)8-16-13(14)10-5-3-2-4-6-10/h2-6,8-9,13H,7H2,1H3. The number of fused-ring (bicyclic) bond motifs is 1. The molecule has 2 heterocycles. The molecule has 3 nitrogen and oxygen atoms in total. The second kappa shape index (κ2) is 3.37. The summed E-state index contributed by atoms with van der Waals surface area (Å²) in [5.74, 6) is 0.436. The third-order valence-corrected chi connectivity index (χ3v) is 3.17.